The van der Waals surface area contributed by atoms with E-state index in [1.807, 2.05) is 44.2 Å². The second-order valence-corrected chi connectivity index (χ2v) is 13.8. The van der Waals surface area contributed by atoms with E-state index in [1.165, 1.54) is 0 Å². The molecule has 1 aliphatic heterocycles. The molecule has 2 rings (SSSR count). The van der Waals surface area contributed by atoms with Crippen LogP contribution in [0.25, 0.3) is 0 Å². The van der Waals surface area contributed by atoms with Crippen LogP contribution < -0.4 is 0 Å². The fourth-order valence-electron chi connectivity index (χ4n) is 2.01. The molecule has 0 aromatic heterocycles. The second kappa shape index (κ2) is 5.97. The van der Waals surface area contributed by atoms with E-state index in [9.17, 15) is 4.57 Å². The van der Waals surface area contributed by atoms with Crippen molar-refractivity contribution >= 4 is 15.9 Å². The zero-order valence-corrected chi connectivity index (χ0v) is 15.4. The fourth-order valence-corrected chi connectivity index (χ4v) is 6.22. The summed E-state index contributed by atoms with van der Waals surface area (Å²) >= 11 is 0. The molecule has 1 fully saturated rings. The molecule has 4 nitrogen and oxygen atoms in total. The summed E-state index contributed by atoms with van der Waals surface area (Å²) in [6.45, 7) is 11.1. The van der Waals surface area contributed by atoms with Gasteiger partial charge in [0.05, 0.1) is 13.2 Å². The van der Waals surface area contributed by atoms with Crippen molar-refractivity contribution in [3.63, 3.8) is 0 Å². The SMILES string of the molecule is CC1(C)COP(=O)(C(O[Si](C)(C)C)c2ccccc2)OC1. The van der Waals surface area contributed by atoms with Crippen LogP contribution in [0.1, 0.15) is 25.3 Å². The molecule has 0 saturated carbocycles. The Bertz CT molecular complexity index is 510. The first kappa shape index (κ1) is 16.9. The largest absolute Gasteiger partial charge is 0.400 e. The lowest BCUT2D eigenvalue weighted by Crippen LogP contribution is -2.34. The molecule has 0 aliphatic carbocycles. The van der Waals surface area contributed by atoms with Crippen molar-refractivity contribution in [3.05, 3.63) is 35.9 Å². The maximum atomic E-state index is 13.2. The van der Waals surface area contributed by atoms with Gasteiger partial charge in [0.2, 0.25) is 0 Å². The zero-order chi connectivity index (χ0) is 15.7. The molecule has 0 N–H and O–H groups in total. The Morgan fingerprint density at radius 3 is 2.14 bits per heavy atom. The van der Waals surface area contributed by atoms with Crippen molar-refractivity contribution in [2.24, 2.45) is 5.41 Å². The van der Waals surface area contributed by atoms with Gasteiger partial charge in [-0.2, -0.15) is 0 Å². The van der Waals surface area contributed by atoms with E-state index in [4.69, 9.17) is 13.5 Å². The minimum atomic E-state index is -3.31. The van der Waals surface area contributed by atoms with Gasteiger partial charge in [-0.15, -0.1) is 0 Å². The molecular weight excluding hydrogens is 303 g/mol. The highest BCUT2D eigenvalue weighted by molar-refractivity contribution is 7.54. The van der Waals surface area contributed by atoms with Crippen molar-refractivity contribution in [2.75, 3.05) is 13.2 Å². The molecule has 0 spiro atoms. The van der Waals surface area contributed by atoms with Crippen LogP contribution in [0.5, 0.6) is 0 Å². The van der Waals surface area contributed by atoms with E-state index >= 15 is 0 Å². The van der Waals surface area contributed by atoms with Gasteiger partial charge in [0.15, 0.2) is 14.2 Å². The average Bonchev–Trinajstić information content (AvgIpc) is 2.40. The smallest absolute Gasteiger partial charge is 0.362 e. The molecule has 6 heteroatoms. The van der Waals surface area contributed by atoms with Crippen molar-refractivity contribution < 1.29 is 18.0 Å². The quantitative estimate of drug-likeness (QED) is 0.588. The lowest BCUT2D eigenvalue weighted by atomic mass is 9.97. The van der Waals surface area contributed by atoms with Crippen LogP contribution in [0.2, 0.25) is 19.6 Å². The molecule has 1 aliphatic rings. The second-order valence-electron chi connectivity index (χ2n) is 7.24. The van der Waals surface area contributed by atoms with Gasteiger partial charge in [-0.25, -0.2) is 0 Å². The number of hydrogen-bond acceptors (Lipinski definition) is 4. The first-order valence-corrected chi connectivity index (χ1v) is 12.2. The van der Waals surface area contributed by atoms with Crippen LogP contribution in [0.4, 0.5) is 0 Å². The standard InChI is InChI=1S/C15H25O4PSi/c1-15(2)11-17-20(16,18-12-15)14(19-21(3,4)5)13-9-7-6-8-10-13/h6-10,14H,11-12H2,1-5H3. The summed E-state index contributed by atoms with van der Waals surface area (Å²) in [6, 6.07) is 9.58. The predicted molar refractivity (Wildman–Crippen MR) is 86.9 cm³/mol. The zero-order valence-electron chi connectivity index (χ0n) is 13.5. The maximum absolute atomic E-state index is 13.2. The van der Waals surface area contributed by atoms with Gasteiger partial charge in [0, 0.05) is 5.41 Å². The Kier molecular flexibility index (Phi) is 4.81. The Morgan fingerprint density at radius 1 is 1.14 bits per heavy atom. The minimum Gasteiger partial charge on any atom is -0.400 e. The van der Waals surface area contributed by atoms with Crippen molar-refractivity contribution in [1.82, 2.24) is 0 Å². The third-order valence-corrected chi connectivity index (χ3v) is 6.20. The summed E-state index contributed by atoms with van der Waals surface area (Å²) in [5.74, 6) is -0.638. The van der Waals surface area contributed by atoms with Crippen LogP contribution in [-0.4, -0.2) is 21.5 Å². The summed E-state index contributed by atoms with van der Waals surface area (Å²) in [6.07, 6.45) is 0. The van der Waals surface area contributed by atoms with Crippen LogP contribution >= 0.6 is 7.60 Å². The number of hydrogen-bond donors (Lipinski definition) is 0. The molecule has 1 atom stereocenters. The van der Waals surface area contributed by atoms with Gasteiger partial charge in [0.25, 0.3) is 0 Å². The Balaban J connectivity index is 2.30. The highest BCUT2D eigenvalue weighted by atomic mass is 31.2. The van der Waals surface area contributed by atoms with E-state index < -0.39 is 21.8 Å². The molecule has 0 bridgehead atoms. The van der Waals surface area contributed by atoms with E-state index in [2.05, 4.69) is 19.6 Å². The topological polar surface area (TPSA) is 44.8 Å². The molecule has 1 unspecified atom stereocenters. The van der Waals surface area contributed by atoms with Crippen LogP contribution in [0.3, 0.4) is 0 Å². The Morgan fingerprint density at radius 2 is 1.67 bits per heavy atom. The van der Waals surface area contributed by atoms with Gasteiger partial charge in [-0.05, 0) is 25.2 Å². The fraction of sp³-hybridized carbons (Fsp3) is 0.600. The van der Waals surface area contributed by atoms with E-state index in [0.717, 1.165) is 5.56 Å². The van der Waals surface area contributed by atoms with Crippen LogP contribution in [0.15, 0.2) is 30.3 Å². The number of benzene rings is 1. The maximum Gasteiger partial charge on any atom is 0.362 e. The van der Waals surface area contributed by atoms with Crippen molar-refractivity contribution in [2.45, 2.75) is 39.3 Å². The molecule has 1 aromatic carbocycles. The van der Waals surface area contributed by atoms with Crippen molar-refractivity contribution in [1.29, 1.82) is 0 Å². The summed E-state index contributed by atoms with van der Waals surface area (Å²) in [5.41, 5.74) is 0.733. The first-order chi connectivity index (χ1) is 9.61. The molecule has 1 heterocycles. The highest BCUT2D eigenvalue weighted by Gasteiger charge is 2.45. The lowest BCUT2D eigenvalue weighted by molar-refractivity contribution is 0.0250. The third kappa shape index (κ3) is 4.51. The Hall–Kier alpha value is -0.453. The van der Waals surface area contributed by atoms with E-state index in [-0.39, 0.29) is 5.41 Å². The minimum absolute atomic E-state index is 0.117. The average molecular weight is 328 g/mol. The van der Waals surface area contributed by atoms with Gasteiger partial charge < -0.3 is 13.5 Å². The molecule has 0 radical (unpaired) electrons. The molecule has 21 heavy (non-hydrogen) atoms. The monoisotopic (exact) mass is 328 g/mol. The lowest BCUT2D eigenvalue weighted by Gasteiger charge is -2.39. The van der Waals surface area contributed by atoms with Crippen molar-refractivity contribution in [3.8, 4) is 0 Å². The predicted octanol–water partition coefficient (Wildman–Crippen LogP) is 4.80. The van der Waals surface area contributed by atoms with Gasteiger partial charge >= 0.3 is 7.60 Å². The van der Waals surface area contributed by atoms with Crippen LogP contribution in [-0.2, 0) is 18.0 Å². The Labute approximate surface area is 128 Å². The van der Waals surface area contributed by atoms with Gasteiger partial charge in [-0.3, -0.25) is 4.57 Å². The van der Waals surface area contributed by atoms with Crippen LogP contribution in [0, 0.1) is 5.41 Å². The summed E-state index contributed by atoms with van der Waals surface area (Å²) in [7, 11) is -5.21. The molecule has 1 aromatic rings. The van der Waals surface area contributed by atoms with E-state index in [0.29, 0.717) is 13.2 Å². The third-order valence-electron chi connectivity index (χ3n) is 3.11. The summed E-state index contributed by atoms with van der Waals surface area (Å²) in [4.78, 5) is 0. The number of rotatable bonds is 4. The van der Waals surface area contributed by atoms with E-state index in [1.54, 1.807) is 0 Å². The molecular formula is C15H25O4PSi. The van der Waals surface area contributed by atoms with Gasteiger partial charge in [0.1, 0.15) is 0 Å². The first-order valence-electron chi connectivity index (χ1n) is 7.23. The van der Waals surface area contributed by atoms with Gasteiger partial charge in [-0.1, -0.05) is 44.2 Å². The highest BCUT2D eigenvalue weighted by Crippen LogP contribution is 2.65. The molecule has 1 saturated heterocycles. The summed E-state index contributed by atoms with van der Waals surface area (Å²) < 4.78 is 30.7. The normalized spacial score (nSPS) is 22.7. The molecule has 118 valence electrons. The molecule has 0 amide bonds. The summed E-state index contributed by atoms with van der Waals surface area (Å²) in [5, 5.41) is 0.